The van der Waals surface area contributed by atoms with E-state index in [0.29, 0.717) is 5.56 Å². The van der Waals surface area contributed by atoms with Crippen LogP contribution in [0, 0.1) is 11.3 Å². The normalized spacial score (nSPS) is 9.89. The average molecular weight is 333 g/mol. The molecule has 0 aromatic heterocycles. The van der Waals surface area contributed by atoms with E-state index in [1.165, 1.54) is 4.90 Å². The number of halogens is 1. The molecule has 2 rings (SSSR count). The number of nitrogens with zero attached hydrogens (tertiary/aromatic N) is 1. The number of nitrogens with one attached hydrogen (secondary N) is 1. The van der Waals surface area contributed by atoms with Gasteiger partial charge in [0, 0.05) is 27.4 Å². The Kier molecular flexibility index (Phi) is 5.31. The Balaban J connectivity index is 1.80. The highest BCUT2D eigenvalue weighted by Crippen LogP contribution is 2.21. The van der Waals surface area contributed by atoms with Crippen LogP contribution in [-0.2, 0) is 0 Å². The number of hydrogen-bond acceptors (Lipinski definition) is 3. The summed E-state index contributed by atoms with van der Waals surface area (Å²) in [4.78, 5) is 1.28. The van der Waals surface area contributed by atoms with Gasteiger partial charge >= 0.3 is 0 Å². The molecule has 2 aromatic rings. The molecule has 0 radical (unpaired) electrons. The summed E-state index contributed by atoms with van der Waals surface area (Å²) in [5.74, 6) is 1.00. The van der Waals surface area contributed by atoms with Crippen LogP contribution in [0.3, 0.4) is 0 Å². The zero-order chi connectivity index (χ0) is 13.5. The van der Waals surface area contributed by atoms with Gasteiger partial charge in [0.25, 0.3) is 0 Å². The molecule has 96 valence electrons. The fourth-order valence-electron chi connectivity index (χ4n) is 1.60. The third kappa shape index (κ3) is 4.30. The summed E-state index contributed by atoms with van der Waals surface area (Å²) in [6.07, 6.45) is 0. The van der Waals surface area contributed by atoms with Crippen molar-refractivity contribution in [3.05, 3.63) is 58.6 Å². The predicted molar refractivity (Wildman–Crippen MR) is 84.5 cm³/mol. The lowest BCUT2D eigenvalue weighted by atomic mass is 10.2. The molecule has 0 aliphatic rings. The molecule has 0 amide bonds. The van der Waals surface area contributed by atoms with Gasteiger partial charge in [-0.2, -0.15) is 5.26 Å². The number of rotatable bonds is 5. The van der Waals surface area contributed by atoms with Crippen molar-refractivity contribution in [1.29, 1.82) is 5.26 Å². The van der Waals surface area contributed by atoms with Crippen LogP contribution >= 0.6 is 27.7 Å². The van der Waals surface area contributed by atoms with Gasteiger partial charge in [-0.3, -0.25) is 0 Å². The molecule has 4 heteroatoms. The van der Waals surface area contributed by atoms with Gasteiger partial charge in [0.15, 0.2) is 0 Å². The molecule has 0 unspecified atom stereocenters. The van der Waals surface area contributed by atoms with E-state index in [0.717, 1.165) is 22.5 Å². The first kappa shape index (κ1) is 14.0. The van der Waals surface area contributed by atoms with Crippen molar-refractivity contribution in [2.45, 2.75) is 4.90 Å². The largest absolute Gasteiger partial charge is 0.384 e. The third-order valence-corrected chi connectivity index (χ3v) is 4.20. The van der Waals surface area contributed by atoms with E-state index in [1.54, 1.807) is 0 Å². The van der Waals surface area contributed by atoms with Crippen LogP contribution in [0.15, 0.2) is 57.9 Å². The van der Waals surface area contributed by atoms with Gasteiger partial charge in [0.05, 0.1) is 5.56 Å². The van der Waals surface area contributed by atoms with Crippen LogP contribution in [0.5, 0.6) is 0 Å². The summed E-state index contributed by atoms with van der Waals surface area (Å²) < 4.78 is 0.829. The van der Waals surface area contributed by atoms with Crippen molar-refractivity contribution in [3.8, 4) is 6.07 Å². The van der Waals surface area contributed by atoms with Gasteiger partial charge < -0.3 is 5.32 Å². The summed E-state index contributed by atoms with van der Waals surface area (Å²) in [5, 5.41) is 12.2. The van der Waals surface area contributed by atoms with Gasteiger partial charge in [-0.25, -0.2) is 0 Å². The average Bonchev–Trinajstić information content (AvgIpc) is 2.45. The standard InChI is InChI=1S/C15H13BrN2S/c16-15-10-13(7-6-12(15)11-17)18-8-9-19-14-4-2-1-3-5-14/h1-7,10,18H,8-9H2. The van der Waals surface area contributed by atoms with Gasteiger partial charge in [-0.15, -0.1) is 11.8 Å². The van der Waals surface area contributed by atoms with Crippen molar-refractivity contribution >= 4 is 33.4 Å². The Morgan fingerprint density at radius 3 is 2.63 bits per heavy atom. The lowest BCUT2D eigenvalue weighted by Crippen LogP contribution is -2.03. The van der Waals surface area contributed by atoms with E-state index in [1.807, 2.05) is 48.2 Å². The molecule has 0 saturated heterocycles. The topological polar surface area (TPSA) is 35.8 Å². The summed E-state index contributed by atoms with van der Waals surface area (Å²) in [5.41, 5.74) is 1.68. The van der Waals surface area contributed by atoms with Crippen molar-refractivity contribution < 1.29 is 0 Å². The lowest BCUT2D eigenvalue weighted by molar-refractivity contribution is 1.22. The molecule has 0 saturated carbocycles. The highest BCUT2D eigenvalue weighted by Gasteiger charge is 2.00. The number of anilines is 1. The van der Waals surface area contributed by atoms with Crippen molar-refractivity contribution in [2.75, 3.05) is 17.6 Å². The number of benzene rings is 2. The highest BCUT2D eigenvalue weighted by molar-refractivity contribution is 9.10. The van der Waals surface area contributed by atoms with Crippen LogP contribution in [0.1, 0.15) is 5.56 Å². The summed E-state index contributed by atoms with van der Waals surface area (Å²) in [7, 11) is 0. The molecule has 0 fully saturated rings. The maximum atomic E-state index is 8.85. The van der Waals surface area contributed by atoms with Crippen molar-refractivity contribution in [2.24, 2.45) is 0 Å². The Bertz CT molecular complexity index is 578. The maximum Gasteiger partial charge on any atom is 0.100 e. The first-order valence-electron chi connectivity index (χ1n) is 5.91. The number of nitriles is 1. The minimum absolute atomic E-state index is 0.657. The first-order valence-corrected chi connectivity index (χ1v) is 7.69. The Hall–Kier alpha value is -1.44. The van der Waals surface area contributed by atoms with Crippen LogP contribution in [-0.4, -0.2) is 12.3 Å². The highest BCUT2D eigenvalue weighted by atomic mass is 79.9. The van der Waals surface area contributed by atoms with E-state index < -0.39 is 0 Å². The first-order chi connectivity index (χ1) is 9.29. The molecule has 2 aromatic carbocycles. The Labute approximate surface area is 126 Å². The molecule has 0 bridgehead atoms. The molecule has 0 spiro atoms. The van der Waals surface area contributed by atoms with Gasteiger partial charge in [-0.05, 0) is 46.3 Å². The van der Waals surface area contributed by atoms with E-state index >= 15 is 0 Å². The van der Waals surface area contributed by atoms with E-state index in [2.05, 4.69) is 39.4 Å². The monoisotopic (exact) mass is 332 g/mol. The van der Waals surface area contributed by atoms with Gasteiger partial charge in [0.2, 0.25) is 0 Å². The fraction of sp³-hybridized carbons (Fsp3) is 0.133. The zero-order valence-electron chi connectivity index (χ0n) is 10.3. The van der Waals surface area contributed by atoms with Gasteiger partial charge in [0.1, 0.15) is 6.07 Å². The Morgan fingerprint density at radius 1 is 1.16 bits per heavy atom. The van der Waals surface area contributed by atoms with Crippen LogP contribution in [0.2, 0.25) is 0 Å². The summed E-state index contributed by atoms with van der Waals surface area (Å²) >= 11 is 5.21. The minimum Gasteiger partial charge on any atom is -0.384 e. The number of hydrogen-bond donors (Lipinski definition) is 1. The molecule has 2 nitrogen and oxygen atoms in total. The summed E-state index contributed by atoms with van der Waals surface area (Å²) in [6.45, 7) is 0.887. The lowest BCUT2D eigenvalue weighted by Gasteiger charge is -2.07. The van der Waals surface area contributed by atoms with Crippen molar-refractivity contribution in [3.63, 3.8) is 0 Å². The van der Waals surface area contributed by atoms with Crippen LogP contribution in [0.25, 0.3) is 0 Å². The van der Waals surface area contributed by atoms with Crippen molar-refractivity contribution in [1.82, 2.24) is 0 Å². The molecular weight excluding hydrogens is 320 g/mol. The predicted octanol–water partition coefficient (Wildman–Crippen LogP) is 4.52. The second-order valence-corrected chi connectivity index (χ2v) is 5.92. The number of thioether (sulfide) groups is 1. The zero-order valence-corrected chi connectivity index (χ0v) is 12.7. The SMILES string of the molecule is N#Cc1ccc(NCCSc2ccccc2)cc1Br. The van der Waals surface area contributed by atoms with E-state index in [4.69, 9.17) is 5.26 Å². The second kappa shape index (κ2) is 7.22. The molecule has 0 atom stereocenters. The van der Waals surface area contributed by atoms with Crippen LogP contribution in [0.4, 0.5) is 5.69 Å². The Morgan fingerprint density at radius 2 is 1.95 bits per heavy atom. The quantitative estimate of drug-likeness (QED) is 0.645. The molecule has 19 heavy (non-hydrogen) atoms. The fourth-order valence-corrected chi connectivity index (χ4v) is 2.85. The second-order valence-electron chi connectivity index (χ2n) is 3.89. The van der Waals surface area contributed by atoms with Crippen LogP contribution < -0.4 is 5.32 Å². The molecule has 1 N–H and O–H groups in total. The van der Waals surface area contributed by atoms with Gasteiger partial charge in [-0.1, -0.05) is 18.2 Å². The molecule has 0 aliphatic carbocycles. The molecule has 0 aliphatic heterocycles. The summed E-state index contributed by atoms with van der Waals surface area (Å²) in [6, 6.07) is 18.2. The molecule has 0 heterocycles. The maximum absolute atomic E-state index is 8.85. The van der Waals surface area contributed by atoms with E-state index in [9.17, 15) is 0 Å². The third-order valence-electron chi connectivity index (χ3n) is 2.53. The van der Waals surface area contributed by atoms with E-state index in [-0.39, 0.29) is 0 Å². The minimum atomic E-state index is 0.657. The smallest absolute Gasteiger partial charge is 0.100 e. The molecular formula is C15H13BrN2S.